The molecule has 0 unspecified atom stereocenters. The summed E-state index contributed by atoms with van der Waals surface area (Å²) in [6.45, 7) is 0.0106. The van der Waals surface area contributed by atoms with Gasteiger partial charge in [0.05, 0.1) is 10.6 Å². The van der Waals surface area contributed by atoms with E-state index in [0.29, 0.717) is 16.2 Å². The van der Waals surface area contributed by atoms with Gasteiger partial charge in [-0.3, -0.25) is 14.9 Å². The molecule has 1 aliphatic rings. The predicted octanol–water partition coefficient (Wildman–Crippen LogP) is 3.60. The largest absolute Gasteiger partial charge is 0.487 e. The molecule has 0 aliphatic carbocycles. The molecule has 0 bridgehead atoms. The highest BCUT2D eigenvalue weighted by atomic mass is 32.2. The minimum absolute atomic E-state index is 0.0106. The van der Waals surface area contributed by atoms with Crippen molar-refractivity contribution in [2.75, 3.05) is 6.61 Å². The first kappa shape index (κ1) is 16.9. The normalized spacial score (nSPS) is 15.3. The predicted molar refractivity (Wildman–Crippen MR) is 94.3 cm³/mol. The number of nitrogens with one attached hydrogen (secondary N) is 2. The molecule has 0 spiro atoms. The Morgan fingerprint density at radius 1 is 1.20 bits per heavy atom. The molecular formula is C18H13FN2O3S. The van der Waals surface area contributed by atoms with Crippen LogP contribution in [0.4, 0.5) is 9.18 Å². The van der Waals surface area contributed by atoms with Gasteiger partial charge in [0.2, 0.25) is 0 Å². The van der Waals surface area contributed by atoms with Gasteiger partial charge in [0, 0.05) is 5.56 Å². The highest BCUT2D eigenvalue weighted by molar-refractivity contribution is 8.18. The van der Waals surface area contributed by atoms with E-state index in [2.05, 4.69) is 5.32 Å². The van der Waals surface area contributed by atoms with E-state index in [1.54, 1.807) is 42.5 Å². The van der Waals surface area contributed by atoms with Gasteiger partial charge in [0.1, 0.15) is 18.2 Å². The molecule has 0 saturated carbocycles. The molecule has 2 N–H and O–H groups in total. The van der Waals surface area contributed by atoms with Crippen molar-refractivity contribution in [1.29, 1.82) is 5.41 Å². The van der Waals surface area contributed by atoms with Gasteiger partial charge < -0.3 is 10.1 Å². The molecule has 0 radical (unpaired) electrons. The van der Waals surface area contributed by atoms with Crippen LogP contribution < -0.4 is 10.1 Å². The molecule has 1 fully saturated rings. The van der Waals surface area contributed by atoms with Crippen LogP contribution in [-0.4, -0.2) is 23.5 Å². The number of halogens is 1. The minimum atomic E-state index is -0.404. The fourth-order valence-electron chi connectivity index (χ4n) is 2.15. The van der Waals surface area contributed by atoms with Gasteiger partial charge in [0.25, 0.3) is 11.1 Å². The first-order valence-electron chi connectivity index (χ1n) is 7.32. The quantitative estimate of drug-likeness (QED) is 0.634. The van der Waals surface area contributed by atoms with Crippen LogP contribution >= 0.6 is 11.8 Å². The van der Waals surface area contributed by atoms with Gasteiger partial charge in [-0.15, -0.1) is 0 Å². The molecule has 7 heteroatoms. The summed E-state index contributed by atoms with van der Waals surface area (Å²) in [7, 11) is 0. The third-order valence-electron chi connectivity index (χ3n) is 3.38. The Labute approximate surface area is 147 Å². The second-order valence-corrected chi connectivity index (χ2v) is 6.21. The van der Waals surface area contributed by atoms with Crippen molar-refractivity contribution >= 4 is 34.7 Å². The van der Waals surface area contributed by atoms with Crippen molar-refractivity contribution < 1.29 is 18.7 Å². The van der Waals surface area contributed by atoms with Crippen molar-refractivity contribution in [3.8, 4) is 5.75 Å². The van der Waals surface area contributed by atoms with Crippen LogP contribution in [0.15, 0.2) is 53.4 Å². The molecule has 2 aromatic rings. The van der Waals surface area contributed by atoms with Crippen LogP contribution in [0.5, 0.6) is 5.75 Å². The summed E-state index contributed by atoms with van der Waals surface area (Å²) in [4.78, 5) is 23.0. The number of carbonyl (C=O) groups excluding carboxylic acids is 2. The summed E-state index contributed by atoms with van der Waals surface area (Å²) in [6, 6.07) is 12.7. The summed E-state index contributed by atoms with van der Waals surface area (Å²) in [6.07, 6.45) is 1.61. The van der Waals surface area contributed by atoms with Crippen molar-refractivity contribution in [1.82, 2.24) is 5.32 Å². The number of hydrogen-bond donors (Lipinski definition) is 2. The molecule has 25 heavy (non-hydrogen) atoms. The smallest absolute Gasteiger partial charge is 0.290 e. The van der Waals surface area contributed by atoms with Gasteiger partial charge in [-0.2, -0.15) is 0 Å². The zero-order valence-electron chi connectivity index (χ0n) is 12.9. The lowest BCUT2D eigenvalue weighted by atomic mass is 10.1. The van der Waals surface area contributed by atoms with E-state index >= 15 is 0 Å². The second kappa shape index (κ2) is 7.31. The third-order valence-corrected chi connectivity index (χ3v) is 4.19. The van der Waals surface area contributed by atoms with Crippen LogP contribution in [0.2, 0.25) is 0 Å². The fourth-order valence-corrected chi connectivity index (χ4v) is 2.83. The molecule has 1 saturated heterocycles. The Morgan fingerprint density at radius 2 is 1.96 bits per heavy atom. The van der Waals surface area contributed by atoms with E-state index in [1.165, 1.54) is 12.1 Å². The van der Waals surface area contributed by atoms with Crippen LogP contribution in [0, 0.1) is 11.2 Å². The van der Waals surface area contributed by atoms with Crippen LogP contribution in [0.25, 0.3) is 6.08 Å². The van der Waals surface area contributed by atoms with Gasteiger partial charge >= 0.3 is 0 Å². The zero-order chi connectivity index (χ0) is 17.8. The van der Waals surface area contributed by atoms with E-state index in [1.807, 2.05) is 0 Å². The lowest BCUT2D eigenvalue weighted by molar-refractivity contribution is -0.115. The van der Waals surface area contributed by atoms with Gasteiger partial charge in [0.15, 0.2) is 0 Å². The molecule has 2 amide bonds. The van der Waals surface area contributed by atoms with Gasteiger partial charge in [-0.25, -0.2) is 4.39 Å². The summed E-state index contributed by atoms with van der Waals surface area (Å²) in [5.41, 5.74) is 1.39. The minimum Gasteiger partial charge on any atom is -0.487 e. The van der Waals surface area contributed by atoms with Gasteiger partial charge in [-0.05, 0) is 47.7 Å². The second-order valence-electron chi connectivity index (χ2n) is 5.20. The molecular weight excluding hydrogens is 343 g/mol. The summed E-state index contributed by atoms with van der Waals surface area (Å²) >= 11 is 0.857. The molecule has 1 heterocycles. The maximum Gasteiger partial charge on any atom is 0.290 e. The molecule has 2 aromatic carbocycles. The van der Waals surface area contributed by atoms with E-state index in [4.69, 9.17) is 10.1 Å². The number of carbonyl (C=O) groups is 2. The molecule has 5 nitrogen and oxygen atoms in total. The van der Waals surface area contributed by atoms with Crippen LogP contribution in [0.1, 0.15) is 11.1 Å². The number of ether oxygens (including phenoxy) is 1. The maximum absolute atomic E-state index is 13.2. The Balaban J connectivity index is 1.61. The number of rotatable bonds is 5. The van der Waals surface area contributed by atoms with Crippen molar-refractivity contribution in [2.24, 2.45) is 0 Å². The van der Waals surface area contributed by atoms with Crippen molar-refractivity contribution in [3.05, 3.63) is 70.4 Å². The summed E-state index contributed by atoms with van der Waals surface area (Å²) in [5, 5.41) is 9.74. The Hall–Kier alpha value is -2.93. The van der Waals surface area contributed by atoms with Crippen LogP contribution in [0.3, 0.4) is 0 Å². The first-order valence-corrected chi connectivity index (χ1v) is 8.14. The van der Waals surface area contributed by atoms with Crippen molar-refractivity contribution in [3.63, 3.8) is 0 Å². The third kappa shape index (κ3) is 4.33. The Kier molecular flexibility index (Phi) is 4.95. The van der Waals surface area contributed by atoms with E-state index in [-0.39, 0.29) is 17.6 Å². The average molecular weight is 356 g/mol. The van der Waals surface area contributed by atoms with E-state index < -0.39 is 11.7 Å². The average Bonchev–Trinajstić information content (AvgIpc) is 2.91. The molecule has 0 aromatic heterocycles. The summed E-state index contributed by atoms with van der Waals surface area (Å²) in [5.74, 6) is -0.256. The highest BCUT2D eigenvalue weighted by Crippen LogP contribution is 2.26. The number of imide groups is 1. The molecule has 0 atom stereocenters. The highest BCUT2D eigenvalue weighted by Gasteiger charge is 2.24. The van der Waals surface area contributed by atoms with Crippen molar-refractivity contribution in [2.45, 2.75) is 0 Å². The molecule has 3 rings (SSSR count). The Morgan fingerprint density at radius 3 is 2.60 bits per heavy atom. The number of hydrogen-bond acceptors (Lipinski definition) is 5. The monoisotopic (exact) mass is 356 g/mol. The Bertz CT molecular complexity index is 878. The maximum atomic E-state index is 13.2. The zero-order valence-corrected chi connectivity index (χ0v) is 13.7. The molecule has 1 aliphatic heterocycles. The number of amides is 2. The number of thioether (sulfide) groups is 1. The SMILES string of the molecule is N=C(COc1ccc(/C=C2\SC(=O)NC2=O)cc1)c1cccc(F)c1. The fraction of sp³-hybridized carbons (Fsp3) is 0.0556. The summed E-state index contributed by atoms with van der Waals surface area (Å²) < 4.78 is 18.7. The number of benzene rings is 2. The molecule has 126 valence electrons. The lowest BCUT2D eigenvalue weighted by Gasteiger charge is -2.08. The van der Waals surface area contributed by atoms with E-state index in [0.717, 1.165) is 17.3 Å². The van der Waals surface area contributed by atoms with Crippen LogP contribution in [-0.2, 0) is 4.79 Å². The standard InChI is InChI=1S/C18H13FN2O3S/c19-13-3-1-2-12(9-13)15(20)10-24-14-6-4-11(5-7-14)8-16-17(22)21-18(23)25-16/h1-9,20H,10H2,(H,21,22,23)/b16-8-,20-15?. The first-order chi connectivity index (χ1) is 12.0. The topological polar surface area (TPSA) is 79.2 Å². The van der Waals surface area contributed by atoms with Gasteiger partial charge in [-0.1, -0.05) is 24.3 Å². The lowest BCUT2D eigenvalue weighted by Crippen LogP contribution is -2.17. The van der Waals surface area contributed by atoms with E-state index in [9.17, 15) is 14.0 Å².